The van der Waals surface area contributed by atoms with Crippen LogP contribution in [0.2, 0.25) is 0 Å². The molecule has 2 aliphatic rings. The fourth-order valence-corrected chi connectivity index (χ4v) is 2.43. The van der Waals surface area contributed by atoms with Crippen LogP contribution in [0.5, 0.6) is 0 Å². The van der Waals surface area contributed by atoms with E-state index in [0.717, 1.165) is 12.2 Å². The number of morpholine rings is 1. The summed E-state index contributed by atoms with van der Waals surface area (Å²) in [5.41, 5.74) is 1.43. The van der Waals surface area contributed by atoms with Crippen molar-refractivity contribution in [1.29, 1.82) is 0 Å². The van der Waals surface area contributed by atoms with Crippen LogP contribution in [0.25, 0.3) is 0 Å². The number of hydrogen-bond acceptors (Lipinski definition) is 4. The van der Waals surface area contributed by atoms with Gasteiger partial charge in [-0.05, 0) is 18.2 Å². The van der Waals surface area contributed by atoms with Crippen molar-refractivity contribution in [2.45, 2.75) is 6.10 Å². The summed E-state index contributed by atoms with van der Waals surface area (Å²) in [6.45, 7) is 3.08. The van der Waals surface area contributed by atoms with E-state index in [1.807, 2.05) is 12.1 Å². The van der Waals surface area contributed by atoms with E-state index < -0.39 is 6.10 Å². The highest BCUT2D eigenvalue weighted by Crippen LogP contribution is 2.21. The van der Waals surface area contributed by atoms with Crippen LogP contribution in [0.4, 0.5) is 16.2 Å². The van der Waals surface area contributed by atoms with E-state index in [0.29, 0.717) is 31.9 Å². The number of carbonyl (C=O) groups excluding carboxylic acids is 2. The van der Waals surface area contributed by atoms with Crippen LogP contribution in [0, 0.1) is 0 Å². The standard InChI is InChI=1S/C14H18N4O3.ClH/c19-13(12-9-15-5-7-21-12)17-10-2-1-3-11(8-10)18-6-4-16-14(18)20;/h1-3,8,12,15H,4-7,9H2,(H,16,20)(H,17,19);1H. The van der Waals surface area contributed by atoms with Gasteiger partial charge in [0.1, 0.15) is 6.10 Å². The number of ether oxygens (including phenoxy) is 1. The molecule has 7 nitrogen and oxygen atoms in total. The minimum atomic E-state index is -0.475. The second kappa shape index (κ2) is 7.44. The minimum Gasteiger partial charge on any atom is -0.366 e. The molecule has 0 saturated carbocycles. The van der Waals surface area contributed by atoms with E-state index >= 15 is 0 Å². The van der Waals surface area contributed by atoms with Crippen molar-refractivity contribution in [3.8, 4) is 0 Å². The average molecular weight is 327 g/mol. The molecule has 1 aromatic rings. The van der Waals surface area contributed by atoms with E-state index in [-0.39, 0.29) is 24.3 Å². The first-order chi connectivity index (χ1) is 10.2. The van der Waals surface area contributed by atoms with Crippen LogP contribution in [0.3, 0.4) is 0 Å². The van der Waals surface area contributed by atoms with Gasteiger partial charge >= 0.3 is 6.03 Å². The van der Waals surface area contributed by atoms with Gasteiger partial charge < -0.3 is 20.7 Å². The minimum absolute atomic E-state index is 0. The lowest BCUT2D eigenvalue weighted by molar-refractivity contribution is -0.128. The second-order valence-electron chi connectivity index (χ2n) is 4.99. The van der Waals surface area contributed by atoms with Crippen molar-refractivity contribution in [3.05, 3.63) is 24.3 Å². The quantitative estimate of drug-likeness (QED) is 0.758. The van der Waals surface area contributed by atoms with Crippen molar-refractivity contribution in [2.24, 2.45) is 0 Å². The number of rotatable bonds is 3. The van der Waals surface area contributed by atoms with Gasteiger partial charge in [0.2, 0.25) is 0 Å². The van der Waals surface area contributed by atoms with Crippen LogP contribution in [-0.2, 0) is 9.53 Å². The molecule has 1 unspecified atom stereocenters. The molecule has 120 valence electrons. The molecule has 8 heteroatoms. The molecular weight excluding hydrogens is 308 g/mol. The first-order valence-electron chi connectivity index (χ1n) is 7.03. The molecule has 1 aromatic carbocycles. The van der Waals surface area contributed by atoms with Crippen LogP contribution >= 0.6 is 12.4 Å². The third kappa shape index (κ3) is 3.68. The van der Waals surface area contributed by atoms with Crippen molar-refractivity contribution >= 4 is 35.7 Å². The molecule has 0 aliphatic carbocycles. The summed E-state index contributed by atoms with van der Waals surface area (Å²) in [7, 11) is 0. The summed E-state index contributed by atoms with van der Waals surface area (Å²) in [4.78, 5) is 25.4. The van der Waals surface area contributed by atoms with Crippen molar-refractivity contribution in [2.75, 3.05) is 43.0 Å². The van der Waals surface area contributed by atoms with Gasteiger partial charge in [-0.15, -0.1) is 12.4 Å². The van der Waals surface area contributed by atoms with Gasteiger partial charge in [0.05, 0.1) is 6.61 Å². The van der Waals surface area contributed by atoms with Gasteiger partial charge in [-0.2, -0.15) is 0 Å². The Kier molecular flexibility index (Phi) is 5.59. The van der Waals surface area contributed by atoms with E-state index in [1.165, 1.54) is 0 Å². The molecule has 0 radical (unpaired) electrons. The molecule has 2 heterocycles. The number of hydrogen-bond donors (Lipinski definition) is 3. The Hall–Kier alpha value is -1.83. The Labute approximate surface area is 134 Å². The first-order valence-corrected chi connectivity index (χ1v) is 7.03. The van der Waals surface area contributed by atoms with Crippen molar-refractivity contribution < 1.29 is 14.3 Å². The highest BCUT2D eigenvalue weighted by Gasteiger charge is 2.23. The maximum absolute atomic E-state index is 12.1. The lowest BCUT2D eigenvalue weighted by Gasteiger charge is -2.23. The Morgan fingerprint density at radius 3 is 2.91 bits per heavy atom. The number of anilines is 2. The maximum atomic E-state index is 12.1. The lowest BCUT2D eigenvalue weighted by atomic mass is 10.2. The highest BCUT2D eigenvalue weighted by molar-refractivity contribution is 5.97. The van der Waals surface area contributed by atoms with Crippen LogP contribution in [0.15, 0.2) is 24.3 Å². The fourth-order valence-electron chi connectivity index (χ4n) is 2.43. The summed E-state index contributed by atoms with van der Waals surface area (Å²) in [5.74, 6) is -0.176. The van der Waals surface area contributed by atoms with Crippen molar-refractivity contribution in [3.63, 3.8) is 0 Å². The number of nitrogens with one attached hydrogen (secondary N) is 3. The Morgan fingerprint density at radius 2 is 2.23 bits per heavy atom. The van der Waals surface area contributed by atoms with E-state index in [4.69, 9.17) is 4.74 Å². The van der Waals surface area contributed by atoms with Gasteiger partial charge in [-0.25, -0.2) is 4.79 Å². The largest absolute Gasteiger partial charge is 0.366 e. The van der Waals surface area contributed by atoms with E-state index in [2.05, 4.69) is 16.0 Å². The Bertz CT molecular complexity index is 549. The maximum Gasteiger partial charge on any atom is 0.321 e. The molecule has 0 aromatic heterocycles. The molecule has 3 amide bonds. The van der Waals surface area contributed by atoms with E-state index in [9.17, 15) is 9.59 Å². The number of benzene rings is 1. The van der Waals surface area contributed by atoms with Crippen LogP contribution in [0.1, 0.15) is 0 Å². The molecule has 0 bridgehead atoms. The molecule has 3 N–H and O–H groups in total. The molecule has 22 heavy (non-hydrogen) atoms. The Balaban J connectivity index is 0.00000176. The van der Waals surface area contributed by atoms with Crippen LogP contribution in [-0.4, -0.2) is 50.8 Å². The normalized spacial score (nSPS) is 21.0. The highest BCUT2D eigenvalue weighted by atomic mass is 35.5. The summed E-state index contributed by atoms with van der Waals surface area (Å²) in [6.07, 6.45) is -0.475. The number of carbonyl (C=O) groups is 2. The van der Waals surface area contributed by atoms with Gasteiger partial charge in [-0.3, -0.25) is 9.69 Å². The zero-order valence-electron chi connectivity index (χ0n) is 12.0. The van der Waals surface area contributed by atoms with Gasteiger partial charge in [-0.1, -0.05) is 6.07 Å². The number of amides is 3. The summed E-state index contributed by atoms with van der Waals surface area (Å²) in [5, 5.41) is 8.70. The average Bonchev–Trinajstić information content (AvgIpc) is 2.94. The Morgan fingerprint density at radius 1 is 1.36 bits per heavy atom. The number of halogens is 1. The first kappa shape index (κ1) is 16.5. The lowest BCUT2D eigenvalue weighted by Crippen LogP contribution is -2.45. The molecule has 3 rings (SSSR count). The molecule has 0 spiro atoms. The zero-order chi connectivity index (χ0) is 14.7. The number of nitrogens with zero attached hydrogens (tertiary/aromatic N) is 1. The summed E-state index contributed by atoms with van der Waals surface area (Å²) < 4.78 is 5.41. The second-order valence-corrected chi connectivity index (χ2v) is 4.99. The zero-order valence-corrected chi connectivity index (χ0v) is 12.8. The summed E-state index contributed by atoms with van der Waals surface area (Å²) >= 11 is 0. The van der Waals surface area contributed by atoms with Crippen LogP contribution < -0.4 is 20.9 Å². The SMILES string of the molecule is Cl.O=C(Nc1cccc(N2CCNC2=O)c1)C1CNCCO1. The van der Waals surface area contributed by atoms with Crippen molar-refractivity contribution in [1.82, 2.24) is 10.6 Å². The summed E-state index contributed by atoms with van der Waals surface area (Å²) in [6, 6.07) is 7.14. The third-order valence-electron chi connectivity index (χ3n) is 3.50. The molecule has 2 saturated heterocycles. The molecule has 2 aliphatic heterocycles. The molecule has 1 atom stereocenters. The molecular formula is C14H19ClN4O3. The van der Waals surface area contributed by atoms with E-state index in [1.54, 1.807) is 17.0 Å². The smallest absolute Gasteiger partial charge is 0.321 e. The monoisotopic (exact) mass is 326 g/mol. The third-order valence-corrected chi connectivity index (χ3v) is 3.50. The van der Waals surface area contributed by atoms with Gasteiger partial charge in [0, 0.05) is 37.6 Å². The molecule has 2 fully saturated rings. The topological polar surface area (TPSA) is 82.7 Å². The number of urea groups is 1. The van der Waals surface area contributed by atoms with Gasteiger partial charge in [0.15, 0.2) is 0 Å². The predicted molar refractivity (Wildman–Crippen MR) is 85.7 cm³/mol. The van der Waals surface area contributed by atoms with Gasteiger partial charge in [0.25, 0.3) is 5.91 Å². The predicted octanol–water partition coefficient (Wildman–Crippen LogP) is 0.565. The fraction of sp³-hybridized carbons (Fsp3) is 0.429.